The van der Waals surface area contributed by atoms with Crippen molar-refractivity contribution in [2.24, 2.45) is 7.05 Å². The number of fused-ring (bicyclic) bond motifs is 2. The highest BCUT2D eigenvalue weighted by Crippen LogP contribution is 2.34. The Balaban J connectivity index is 1.61. The molecule has 0 aliphatic heterocycles. The zero-order chi connectivity index (χ0) is 17.5. The lowest BCUT2D eigenvalue weighted by Crippen LogP contribution is -2.11. The van der Waals surface area contributed by atoms with Crippen molar-refractivity contribution < 1.29 is 0 Å². The molecule has 1 unspecified atom stereocenters. The minimum atomic E-state index is 0.145. The first kappa shape index (κ1) is 14.9. The van der Waals surface area contributed by atoms with E-state index in [2.05, 4.69) is 31.4 Å². The standard InChI is InChI=1S/C19H17N7/c1-26-19-14(11-22-26)18(24-17(25-19)13-5-2-8-20-10-13)23-15-7-6-12-4-3-9-21-16(12)15/h2-5,8-11,15H,6-7H2,1H3,(H,23,24,25). The first-order chi connectivity index (χ1) is 12.8. The van der Waals surface area contributed by atoms with Crippen LogP contribution in [0.5, 0.6) is 0 Å². The maximum absolute atomic E-state index is 4.78. The van der Waals surface area contributed by atoms with Gasteiger partial charge in [-0.1, -0.05) is 6.07 Å². The summed E-state index contributed by atoms with van der Waals surface area (Å²) in [5.41, 5.74) is 4.07. The van der Waals surface area contributed by atoms with Crippen LogP contribution in [0.4, 0.5) is 5.82 Å². The fourth-order valence-electron chi connectivity index (χ4n) is 3.47. The summed E-state index contributed by atoms with van der Waals surface area (Å²) in [7, 11) is 1.89. The van der Waals surface area contributed by atoms with E-state index in [-0.39, 0.29) is 6.04 Å². The predicted octanol–water partition coefficient (Wildman–Crippen LogP) is 2.92. The molecule has 0 saturated heterocycles. The molecule has 4 heterocycles. The minimum Gasteiger partial charge on any atom is -0.361 e. The highest BCUT2D eigenvalue weighted by atomic mass is 15.3. The van der Waals surface area contributed by atoms with Gasteiger partial charge in [0.25, 0.3) is 0 Å². The van der Waals surface area contributed by atoms with Crippen molar-refractivity contribution in [1.29, 1.82) is 0 Å². The Labute approximate surface area is 150 Å². The van der Waals surface area contributed by atoms with Gasteiger partial charge in [-0.25, -0.2) is 9.97 Å². The highest BCUT2D eigenvalue weighted by Gasteiger charge is 2.25. The lowest BCUT2D eigenvalue weighted by molar-refractivity contribution is 0.742. The maximum atomic E-state index is 4.78. The molecule has 1 aliphatic rings. The Morgan fingerprint density at radius 2 is 2.04 bits per heavy atom. The van der Waals surface area contributed by atoms with E-state index in [1.54, 1.807) is 23.3 Å². The van der Waals surface area contributed by atoms with Crippen LogP contribution in [0.3, 0.4) is 0 Å². The molecular weight excluding hydrogens is 326 g/mol. The predicted molar refractivity (Wildman–Crippen MR) is 98.5 cm³/mol. The smallest absolute Gasteiger partial charge is 0.165 e. The van der Waals surface area contributed by atoms with Gasteiger partial charge in [0.05, 0.1) is 23.3 Å². The van der Waals surface area contributed by atoms with Crippen molar-refractivity contribution >= 4 is 16.9 Å². The molecule has 26 heavy (non-hydrogen) atoms. The van der Waals surface area contributed by atoms with Crippen LogP contribution in [-0.4, -0.2) is 29.7 Å². The van der Waals surface area contributed by atoms with Crippen LogP contribution in [0.2, 0.25) is 0 Å². The van der Waals surface area contributed by atoms with Gasteiger partial charge >= 0.3 is 0 Å². The average molecular weight is 343 g/mol. The molecule has 0 radical (unpaired) electrons. The lowest BCUT2D eigenvalue weighted by Gasteiger charge is -2.15. The van der Waals surface area contributed by atoms with Crippen molar-refractivity contribution in [2.45, 2.75) is 18.9 Å². The van der Waals surface area contributed by atoms with Crippen LogP contribution in [0.25, 0.3) is 22.4 Å². The van der Waals surface area contributed by atoms with Crippen molar-refractivity contribution in [3.05, 3.63) is 60.3 Å². The summed E-state index contributed by atoms with van der Waals surface area (Å²) in [6, 6.07) is 8.12. The number of aryl methyl sites for hydroxylation is 2. The average Bonchev–Trinajstić information content (AvgIpc) is 3.27. The van der Waals surface area contributed by atoms with Gasteiger partial charge in [-0.15, -0.1) is 0 Å². The van der Waals surface area contributed by atoms with Gasteiger partial charge in [0.15, 0.2) is 11.5 Å². The molecule has 1 N–H and O–H groups in total. The van der Waals surface area contributed by atoms with Gasteiger partial charge in [-0.2, -0.15) is 5.10 Å². The molecule has 0 aromatic carbocycles. The molecule has 1 atom stereocenters. The zero-order valence-corrected chi connectivity index (χ0v) is 14.3. The Bertz CT molecular complexity index is 1090. The van der Waals surface area contributed by atoms with Crippen LogP contribution in [0.1, 0.15) is 23.7 Å². The quantitative estimate of drug-likeness (QED) is 0.616. The summed E-state index contributed by atoms with van der Waals surface area (Å²) in [5, 5.41) is 8.84. The fourth-order valence-corrected chi connectivity index (χ4v) is 3.47. The number of anilines is 1. The topological polar surface area (TPSA) is 81.4 Å². The number of hydrogen-bond acceptors (Lipinski definition) is 6. The first-order valence-electron chi connectivity index (χ1n) is 8.60. The molecule has 0 spiro atoms. The molecule has 1 aliphatic carbocycles. The number of nitrogens with zero attached hydrogens (tertiary/aromatic N) is 6. The molecule has 0 saturated carbocycles. The molecule has 4 aromatic rings. The van der Waals surface area contributed by atoms with Gasteiger partial charge < -0.3 is 5.32 Å². The molecule has 5 rings (SSSR count). The first-order valence-corrected chi connectivity index (χ1v) is 8.60. The Morgan fingerprint density at radius 3 is 2.92 bits per heavy atom. The summed E-state index contributed by atoms with van der Waals surface area (Å²) in [4.78, 5) is 18.2. The van der Waals surface area contributed by atoms with E-state index in [0.717, 1.165) is 41.0 Å². The van der Waals surface area contributed by atoms with E-state index in [0.29, 0.717) is 5.82 Å². The Kier molecular flexibility index (Phi) is 3.38. The highest BCUT2D eigenvalue weighted by molar-refractivity contribution is 5.88. The molecule has 7 nitrogen and oxygen atoms in total. The van der Waals surface area contributed by atoms with Crippen molar-refractivity contribution in [3.63, 3.8) is 0 Å². The van der Waals surface area contributed by atoms with E-state index < -0.39 is 0 Å². The molecule has 0 bridgehead atoms. The third kappa shape index (κ3) is 2.40. The normalized spacial score (nSPS) is 16.0. The monoisotopic (exact) mass is 343 g/mol. The fraction of sp³-hybridized carbons (Fsp3) is 0.211. The minimum absolute atomic E-state index is 0.145. The second kappa shape index (κ2) is 5.87. The zero-order valence-electron chi connectivity index (χ0n) is 14.3. The van der Waals surface area contributed by atoms with Crippen LogP contribution in [0, 0.1) is 0 Å². The lowest BCUT2D eigenvalue weighted by atomic mass is 10.2. The summed E-state index contributed by atoms with van der Waals surface area (Å²) in [6.07, 6.45) is 9.19. The van der Waals surface area contributed by atoms with E-state index in [9.17, 15) is 0 Å². The number of rotatable bonds is 3. The van der Waals surface area contributed by atoms with Crippen molar-refractivity contribution in [1.82, 2.24) is 29.7 Å². The van der Waals surface area contributed by atoms with Gasteiger partial charge in [-0.3, -0.25) is 14.6 Å². The SMILES string of the molecule is Cn1ncc2c(NC3CCc4cccnc43)nc(-c3cccnc3)nc21. The molecule has 0 amide bonds. The van der Waals surface area contributed by atoms with E-state index in [4.69, 9.17) is 4.98 Å². The number of pyridine rings is 2. The third-order valence-electron chi connectivity index (χ3n) is 4.78. The van der Waals surface area contributed by atoms with Gasteiger partial charge in [0.2, 0.25) is 0 Å². The molecule has 128 valence electrons. The van der Waals surface area contributed by atoms with E-state index in [1.807, 2.05) is 31.4 Å². The maximum Gasteiger partial charge on any atom is 0.165 e. The molecule has 7 heteroatoms. The van der Waals surface area contributed by atoms with Crippen LogP contribution < -0.4 is 5.32 Å². The molecule has 4 aromatic heterocycles. The molecular formula is C19H17N7. The largest absolute Gasteiger partial charge is 0.361 e. The summed E-state index contributed by atoms with van der Waals surface area (Å²) in [6.45, 7) is 0. The van der Waals surface area contributed by atoms with Gasteiger partial charge in [-0.05, 0) is 36.6 Å². The summed E-state index contributed by atoms with van der Waals surface area (Å²) in [5.74, 6) is 1.42. The Morgan fingerprint density at radius 1 is 1.12 bits per heavy atom. The van der Waals surface area contributed by atoms with Crippen LogP contribution in [0.15, 0.2) is 49.1 Å². The second-order valence-electron chi connectivity index (χ2n) is 6.43. The molecule has 0 fully saturated rings. The van der Waals surface area contributed by atoms with Crippen LogP contribution >= 0.6 is 0 Å². The van der Waals surface area contributed by atoms with Crippen LogP contribution in [-0.2, 0) is 13.5 Å². The number of hydrogen-bond donors (Lipinski definition) is 1. The number of nitrogens with one attached hydrogen (secondary N) is 1. The Hall–Kier alpha value is -3.35. The van der Waals surface area contributed by atoms with Gasteiger partial charge in [0, 0.05) is 31.2 Å². The summed E-state index contributed by atoms with van der Waals surface area (Å²) >= 11 is 0. The van der Waals surface area contributed by atoms with E-state index in [1.165, 1.54) is 5.56 Å². The van der Waals surface area contributed by atoms with Gasteiger partial charge in [0.1, 0.15) is 5.82 Å². The van der Waals surface area contributed by atoms with Crippen molar-refractivity contribution in [3.8, 4) is 11.4 Å². The van der Waals surface area contributed by atoms with E-state index >= 15 is 0 Å². The van der Waals surface area contributed by atoms with Crippen molar-refractivity contribution in [2.75, 3.05) is 5.32 Å². The number of aromatic nitrogens is 6. The summed E-state index contributed by atoms with van der Waals surface area (Å²) < 4.78 is 1.77. The second-order valence-corrected chi connectivity index (χ2v) is 6.43. The third-order valence-corrected chi connectivity index (χ3v) is 4.78.